The highest BCUT2D eigenvalue weighted by atomic mass is 35.5. The monoisotopic (exact) mass is 384 g/mol. The van der Waals surface area contributed by atoms with Gasteiger partial charge in [-0.25, -0.2) is 9.82 Å². The number of carbonyl (C=O) groups excluding carboxylic acids is 1. The van der Waals surface area contributed by atoms with Crippen LogP contribution in [0, 0.1) is 5.82 Å². The van der Waals surface area contributed by atoms with Crippen molar-refractivity contribution in [2.75, 3.05) is 14.2 Å². The number of amides is 1. The van der Waals surface area contributed by atoms with Gasteiger partial charge in [0.2, 0.25) is 0 Å². The van der Waals surface area contributed by atoms with Gasteiger partial charge in [-0.2, -0.15) is 5.10 Å². The molecule has 0 aliphatic heterocycles. The van der Waals surface area contributed by atoms with Crippen LogP contribution in [-0.2, 0) is 0 Å². The molecular weight excluding hydrogens is 370 g/mol. The Labute approximate surface area is 154 Å². The van der Waals surface area contributed by atoms with Crippen LogP contribution in [0.25, 0.3) is 0 Å². The van der Waals surface area contributed by atoms with Gasteiger partial charge in [0.05, 0.1) is 30.0 Å². The van der Waals surface area contributed by atoms with Crippen molar-refractivity contribution in [3.63, 3.8) is 0 Å². The molecule has 0 unspecified atom stereocenters. The highest BCUT2D eigenvalue weighted by Gasteiger charge is 2.12. The van der Waals surface area contributed by atoms with Crippen LogP contribution in [0.3, 0.4) is 0 Å². The first kappa shape index (κ1) is 19.0. The molecule has 0 fully saturated rings. The third-order valence-electron chi connectivity index (χ3n) is 3.37. The summed E-state index contributed by atoms with van der Waals surface area (Å²) in [5.74, 6) is -0.173. The molecule has 0 radical (unpaired) electrons. The molecular formula is C17H15Cl2FN2O3. The van der Waals surface area contributed by atoms with Crippen LogP contribution in [-0.4, -0.2) is 25.8 Å². The van der Waals surface area contributed by atoms with Crippen molar-refractivity contribution >= 4 is 34.8 Å². The first-order valence-corrected chi connectivity index (χ1v) is 7.84. The summed E-state index contributed by atoms with van der Waals surface area (Å²) in [7, 11) is 2.97. The average Bonchev–Trinajstić information content (AvgIpc) is 2.61. The minimum absolute atomic E-state index is 0.0871. The molecule has 132 valence electrons. The second kappa shape index (κ2) is 8.18. The molecule has 1 amide bonds. The van der Waals surface area contributed by atoms with Crippen LogP contribution in [0.2, 0.25) is 10.0 Å². The first-order chi connectivity index (χ1) is 11.9. The molecule has 0 saturated carbocycles. The van der Waals surface area contributed by atoms with E-state index >= 15 is 0 Å². The summed E-state index contributed by atoms with van der Waals surface area (Å²) in [6.45, 7) is 1.59. The molecule has 0 bridgehead atoms. The van der Waals surface area contributed by atoms with E-state index in [1.54, 1.807) is 19.1 Å². The normalized spacial score (nSPS) is 11.2. The molecule has 0 aliphatic carbocycles. The maximum absolute atomic E-state index is 13.6. The topological polar surface area (TPSA) is 59.9 Å². The zero-order chi connectivity index (χ0) is 18.6. The number of ether oxygens (including phenoxy) is 2. The van der Waals surface area contributed by atoms with E-state index in [4.69, 9.17) is 32.7 Å². The lowest BCUT2D eigenvalue weighted by molar-refractivity contribution is 0.0954. The van der Waals surface area contributed by atoms with Crippen molar-refractivity contribution in [3.05, 3.63) is 57.3 Å². The Morgan fingerprint density at radius 3 is 2.40 bits per heavy atom. The standard InChI is InChI=1S/C17H15Cl2FN2O3/c1-9(11-7-14(20)13(19)8-12(11)18)21-22-17(23)10-4-5-15(24-2)16(6-10)25-3/h4-8H,1-3H3,(H,22,23)/b21-9-. The van der Waals surface area contributed by atoms with Gasteiger partial charge in [0, 0.05) is 11.1 Å². The lowest BCUT2D eigenvalue weighted by atomic mass is 10.1. The van der Waals surface area contributed by atoms with Crippen molar-refractivity contribution in [3.8, 4) is 11.5 Å². The van der Waals surface area contributed by atoms with Crippen LogP contribution >= 0.6 is 23.2 Å². The minimum atomic E-state index is -0.623. The van der Waals surface area contributed by atoms with Crippen LogP contribution in [0.4, 0.5) is 4.39 Å². The predicted octanol–water partition coefficient (Wildman–Crippen LogP) is 4.30. The third-order valence-corrected chi connectivity index (χ3v) is 3.97. The maximum Gasteiger partial charge on any atom is 0.271 e. The fourth-order valence-corrected chi connectivity index (χ4v) is 2.56. The molecule has 1 N–H and O–H groups in total. The fraction of sp³-hybridized carbons (Fsp3) is 0.176. The van der Waals surface area contributed by atoms with Crippen molar-refractivity contribution in [1.82, 2.24) is 5.43 Å². The molecule has 2 aromatic carbocycles. The summed E-state index contributed by atoms with van der Waals surface area (Å²) in [6, 6.07) is 7.13. The summed E-state index contributed by atoms with van der Waals surface area (Å²) >= 11 is 11.7. The van der Waals surface area contributed by atoms with Gasteiger partial charge >= 0.3 is 0 Å². The van der Waals surface area contributed by atoms with Gasteiger partial charge < -0.3 is 9.47 Å². The van der Waals surface area contributed by atoms with E-state index in [1.807, 2.05) is 0 Å². The number of carbonyl (C=O) groups is 1. The molecule has 5 nitrogen and oxygen atoms in total. The number of methoxy groups -OCH3 is 2. The van der Waals surface area contributed by atoms with Gasteiger partial charge in [-0.1, -0.05) is 23.2 Å². The van der Waals surface area contributed by atoms with E-state index in [9.17, 15) is 9.18 Å². The Morgan fingerprint density at radius 2 is 1.76 bits per heavy atom. The highest BCUT2D eigenvalue weighted by molar-refractivity contribution is 6.37. The Bertz CT molecular complexity index is 841. The van der Waals surface area contributed by atoms with Gasteiger partial charge in [-0.3, -0.25) is 4.79 Å². The van der Waals surface area contributed by atoms with Crippen LogP contribution in [0.5, 0.6) is 11.5 Å². The second-order valence-electron chi connectivity index (χ2n) is 4.95. The molecule has 25 heavy (non-hydrogen) atoms. The number of benzene rings is 2. The zero-order valence-electron chi connectivity index (χ0n) is 13.7. The molecule has 0 heterocycles. The van der Waals surface area contributed by atoms with Gasteiger partial charge in [0.1, 0.15) is 5.82 Å². The van der Waals surface area contributed by atoms with E-state index in [0.29, 0.717) is 28.3 Å². The van der Waals surface area contributed by atoms with Crippen LogP contribution in [0.1, 0.15) is 22.8 Å². The maximum atomic E-state index is 13.6. The zero-order valence-corrected chi connectivity index (χ0v) is 15.2. The van der Waals surface area contributed by atoms with Crippen LogP contribution < -0.4 is 14.9 Å². The van der Waals surface area contributed by atoms with E-state index in [-0.39, 0.29) is 10.0 Å². The van der Waals surface area contributed by atoms with Crippen LogP contribution in [0.15, 0.2) is 35.4 Å². The second-order valence-corrected chi connectivity index (χ2v) is 5.77. The SMILES string of the molecule is COc1ccc(C(=O)N/N=C(/C)c2cc(F)c(Cl)cc2Cl)cc1OC. The Balaban J connectivity index is 2.21. The molecule has 2 aromatic rings. The third kappa shape index (κ3) is 4.41. The van der Waals surface area contributed by atoms with Crippen molar-refractivity contribution in [2.24, 2.45) is 5.10 Å². The summed E-state index contributed by atoms with van der Waals surface area (Å²) in [4.78, 5) is 12.2. The molecule has 0 aliphatic rings. The molecule has 0 spiro atoms. The molecule has 2 rings (SSSR count). The summed E-state index contributed by atoms with van der Waals surface area (Å²) < 4.78 is 23.8. The smallest absolute Gasteiger partial charge is 0.271 e. The Kier molecular flexibility index (Phi) is 6.22. The van der Waals surface area contributed by atoms with Gasteiger partial charge in [0.15, 0.2) is 11.5 Å². The molecule has 0 aromatic heterocycles. The van der Waals surface area contributed by atoms with E-state index in [2.05, 4.69) is 10.5 Å². The number of rotatable bonds is 5. The first-order valence-electron chi connectivity index (χ1n) is 7.09. The fourth-order valence-electron chi connectivity index (χ4n) is 2.04. The lowest BCUT2D eigenvalue weighted by Crippen LogP contribution is -2.19. The minimum Gasteiger partial charge on any atom is -0.493 e. The Morgan fingerprint density at radius 1 is 1.08 bits per heavy atom. The number of hydrazone groups is 1. The molecule has 8 heteroatoms. The number of nitrogens with one attached hydrogen (secondary N) is 1. The number of hydrogen-bond donors (Lipinski definition) is 1. The van der Waals surface area contributed by atoms with E-state index in [0.717, 1.165) is 6.07 Å². The molecule has 0 saturated heterocycles. The van der Waals surface area contributed by atoms with Crippen molar-refractivity contribution in [2.45, 2.75) is 6.92 Å². The number of hydrogen-bond acceptors (Lipinski definition) is 4. The summed E-state index contributed by atoms with van der Waals surface area (Å²) in [5, 5.41) is 4.09. The van der Waals surface area contributed by atoms with E-state index < -0.39 is 11.7 Å². The quantitative estimate of drug-likeness (QED) is 0.474. The average molecular weight is 385 g/mol. The molecule has 0 atom stereocenters. The predicted molar refractivity (Wildman–Crippen MR) is 95.6 cm³/mol. The van der Waals surface area contributed by atoms with Gasteiger partial charge in [-0.05, 0) is 37.3 Å². The number of nitrogens with zero attached hydrogens (tertiary/aromatic N) is 1. The van der Waals surface area contributed by atoms with Crippen molar-refractivity contribution < 1.29 is 18.7 Å². The Hall–Kier alpha value is -2.31. The van der Waals surface area contributed by atoms with Gasteiger partial charge in [0.25, 0.3) is 5.91 Å². The largest absolute Gasteiger partial charge is 0.493 e. The highest BCUT2D eigenvalue weighted by Crippen LogP contribution is 2.27. The summed E-state index contributed by atoms with van der Waals surface area (Å²) in [6.07, 6.45) is 0. The summed E-state index contributed by atoms with van der Waals surface area (Å²) in [5.41, 5.74) is 3.37. The van der Waals surface area contributed by atoms with Crippen molar-refractivity contribution in [1.29, 1.82) is 0 Å². The lowest BCUT2D eigenvalue weighted by Gasteiger charge is -2.09. The van der Waals surface area contributed by atoms with E-state index in [1.165, 1.54) is 26.4 Å². The van der Waals surface area contributed by atoms with Gasteiger partial charge in [-0.15, -0.1) is 0 Å². The number of halogens is 3.